The lowest BCUT2D eigenvalue weighted by atomic mass is 10.1. The van der Waals surface area contributed by atoms with Crippen LogP contribution in [0.4, 0.5) is 15.3 Å². The van der Waals surface area contributed by atoms with E-state index >= 15 is 0 Å². The van der Waals surface area contributed by atoms with E-state index in [9.17, 15) is 18.0 Å². The number of amides is 3. The van der Waals surface area contributed by atoms with Crippen molar-refractivity contribution in [1.29, 1.82) is 0 Å². The molecule has 4 rings (SSSR count). The van der Waals surface area contributed by atoms with E-state index in [4.69, 9.17) is 4.74 Å². The summed E-state index contributed by atoms with van der Waals surface area (Å²) in [7, 11) is -4.09. The smallest absolute Gasteiger partial charge is 0.411 e. The first-order valence-corrected chi connectivity index (χ1v) is 13.8. The summed E-state index contributed by atoms with van der Waals surface area (Å²) in [6.45, 7) is 3.65. The maximum atomic E-state index is 13.0. The number of rotatable bonds is 9. The van der Waals surface area contributed by atoms with Crippen LogP contribution in [-0.4, -0.2) is 36.7 Å². The molecular formula is C28H29N5O5S. The topological polar surface area (TPSA) is 131 Å². The second-order valence-corrected chi connectivity index (χ2v) is 10.3. The molecule has 202 valence electrons. The molecular weight excluding hydrogens is 518 g/mol. The average Bonchev–Trinajstić information content (AvgIpc) is 3.39. The standard InChI is InChI=1S/C28H29N5O5S/c1-3-38-28(35)30-22-13-15-23(16-14-22)33-18-17-29-26(33)24(19-21-10-5-4-6-11-21)31-27(34)32-39(36,37)25-12-8-7-9-20(25)2/h4-18,24H,3,19H2,1-2H3,(H,30,35)(H2,31,32,34)/t24-/m0/s1. The van der Waals surface area contributed by atoms with E-state index in [1.165, 1.54) is 6.07 Å². The molecule has 0 aliphatic carbocycles. The van der Waals surface area contributed by atoms with Crippen LogP contribution in [0.5, 0.6) is 0 Å². The summed E-state index contributed by atoms with van der Waals surface area (Å²) in [5.74, 6) is 0.494. The van der Waals surface area contributed by atoms with Gasteiger partial charge in [0, 0.05) is 23.8 Å². The molecule has 10 nitrogen and oxygen atoms in total. The molecule has 0 unspecified atom stereocenters. The summed E-state index contributed by atoms with van der Waals surface area (Å²) in [5, 5.41) is 5.43. The first-order valence-electron chi connectivity index (χ1n) is 12.3. The van der Waals surface area contributed by atoms with Gasteiger partial charge in [-0.05, 0) is 61.7 Å². The van der Waals surface area contributed by atoms with Crippen LogP contribution in [-0.2, 0) is 21.2 Å². The van der Waals surface area contributed by atoms with Crippen LogP contribution in [0.25, 0.3) is 5.69 Å². The molecule has 0 aliphatic rings. The van der Waals surface area contributed by atoms with Crippen LogP contribution in [0.1, 0.15) is 29.9 Å². The van der Waals surface area contributed by atoms with Gasteiger partial charge in [-0.15, -0.1) is 0 Å². The van der Waals surface area contributed by atoms with Crippen LogP contribution in [0.15, 0.2) is 96.2 Å². The number of aromatic nitrogens is 2. The zero-order valence-corrected chi connectivity index (χ0v) is 22.3. The zero-order chi connectivity index (χ0) is 27.8. The predicted octanol–water partition coefficient (Wildman–Crippen LogP) is 4.72. The number of sulfonamides is 1. The highest BCUT2D eigenvalue weighted by molar-refractivity contribution is 7.90. The maximum absolute atomic E-state index is 13.0. The monoisotopic (exact) mass is 547 g/mol. The summed E-state index contributed by atoms with van der Waals surface area (Å²) in [5.41, 5.74) is 2.73. The zero-order valence-electron chi connectivity index (χ0n) is 21.5. The fourth-order valence-electron chi connectivity index (χ4n) is 4.06. The van der Waals surface area contributed by atoms with Crippen LogP contribution < -0.4 is 15.4 Å². The second kappa shape index (κ2) is 12.3. The fourth-order valence-corrected chi connectivity index (χ4v) is 5.22. The van der Waals surface area contributed by atoms with E-state index in [1.807, 2.05) is 30.3 Å². The van der Waals surface area contributed by atoms with Crippen molar-refractivity contribution in [3.63, 3.8) is 0 Å². The van der Waals surface area contributed by atoms with Gasteiger partial charge in [-0.2, -0.15) is 0 Å². The normalized spacial score (nSPS) is 11.8. The summed E-state index contributed by atoms with van der Waals surface area (Å²) in [4.78, 5) is 29.2. The molecule has 0 aliphatic heterocycles. The summed E-state index contributed by atoms with van der Waals surface area (Å²) >= 11 is 0. The molecule has 4 aromatic rings. The van der Waals surface area contributed by atoms with E-state index in [0.717, 1.165) is 11.3 Å². The minimum Gasteiger partial charge on any atom is -0.450 e. The third kappa shape index (κ3) is 7.02. The Balaban J connectivity index is 1.59. The summed E-state index contributed by atoms with van der Waals surface area (Å²) < 4.78 is 34.6. The molecule has 0 bridgehead atoms. The third-order valence-corrected chi connectivity index (χ3v) is 7.34. The first-order chi connectivity index (χ1) is 18.8. The van der Waals surface area contributed by atoms with Crippen molar-refractivity contribution in [2.24, 2.45) is 0 Å². The average molecular weight is 548 g/mol. The molecule has 3 aromatic carbocycles. The van der Waals surface area contributed by atoms with Gasteiger partial charge >= 0.3 is 12.1 Å². The summed E-state index contributed by atoms with van der Waals surface area (Å²) in [6, 6.07) is 21.4. The first kappa shape index (κ1) is 27.4. The van der Waals surface area contributed by atoms with E-state index in [1.54, 1.807) is 73.3 Å². The minimum absolute atomic E-state index is 0.0257. The van der Waals surface area contributed by atoms with Crippen LogP contribution >= 0.6 is 0 Å². The number of benzene rings is 3. The van der Waals surface area contributed by atoms with Gasteiger partial charge in [0.1, 0.15) is 5.82 Å². The highest BCUT2D eigenvalue weighted by Crippen LogP contribution is 2.22. The van der Waals surface area contributed by atoms with E-state index in [-0.39, 0.29) is 11.5 Å². The number of ether oxygens (including phenoxy) is 1. The highest BCUT2D eigenvalue weighted by atomic mass is 32.2. The Labute approximate surface area is 227 Å². The van der Waals surface area contributed by atoms with E-state index < -0.39 is 28.2 Å². The molecule has 11 heteroatoms. The number of carbonyl (C=O) groups excluding carboxylic acids is 2. The van der Waals surface area contributed by atoms with Gasteiger partial charge in [-0.3, -0.25) is 5.32 Å². The number of anilines is 1. The van der Waals surface area contributed by atoms with Crippen molar-refractivity contribution >= 4 is 27.8 Å². The highest BCUT2D eigenvalue weighted by Gasteiger charge is 2.25. The maximum Gasteiger partial charge on any atom is 0.411 e. The molecule has 3 N–H and O–H groups in total. The van der Waals surface area contributed by atoms with Crippen molar-refractivity contribution < 1.29 is 22.7 Å². The van der Waals surface area contributed by atoms with Crippen molar-refractivity contribution in [3.8, 4) is 5.69 Å². The van der Waals surface area contributed by atoms with Crippen LogP contribution in [0.2, 0.25) is 0 Å². The molecule has 3 amide bonds. The third-order valence-electron chi connectivity index (χ3n) is 5.85. The van der Waals surface area contributed by atoms with Crippen molar-refractivity contribution in [3.05, 3.63) is 108 Å². The molecule has 1 aromatic heterocycles. The SMILES string of the molecule is CCOC(=O)Nc1ccc(-n2ccnc2[C@H](Cc2ccccc2)NC(=O)NS(=O)(=O)c2ccccc2C)cc1. The van der Waals surface area contributed by atoms with Gasteiger partial charge in [0.2, 0.25) is 0 Å². The quantitative estimate of drug-likeness (QED) is 0.278. The number of hydrogen-bond donors (Lipinski definition) is 3. The number of urea groups is 1. The Kier molecular flexibility index (Phi) is 8.62. The Hall–Kier alpha value is -4.64. The molecule has 0 fully saturated rings. The fraction of sp³-hybridized carbons (Fsp3) is 0.179. The lowest BCUT2D eigenvalue weighted by Crippen LogP contribution is -2.42. The number of nitrogens with zero attached hydrogens (tertiary/aromatic N) is 2. The lowest BCUT2D eigenvalue weighted by molar-refractivity contribution is 0.168. The van der Waals surface area contributed by atoms with E-state index in [2.05, 4.69) is 20.3 Å². The Morgan fingerprint density at radius 1 is 0.974 bits per heavy atom. The number of hydrogen-bond acceptors (Lipinski definition) is 6. The Morgan fingerprint density at radius 2 is 1.67 bits per heavy atom. The predicted molar refractivity (Wildman–Crippen MR) is 147 cm³/mol. The van der Waals surface area contributed by atoms with E-state index in [0.29, 0.717) is 23.5 Å². The number of nitrogens with one attached hydrogen (secondary N) is 3. The van der Waals surface area contributed by atoms with Gasteiger partial charge in [0.25, 0.3) is 10.0 Å². The molecule has 0 radical (unpaired) electrons. The molecule has 1 heterocycles. The molecule has 39 heavy (non-hydrogen) atoms. The van der Waals surface area contributed by atoms with Gasteiger partial charge in [-0.25, -0.2) is 27.7 Å². The van der Waals surface area contributed by atoms with Gasteiger partial charge in [-0.1, -0.05) is 48.5 Å². The molecule has 0 saturated heterocycles. The van der Waals surface area contributed by atoms with Gasteiger partial charge in [0.15, 0.2) is 0 Å². The lowest BCUT2D eigenvalue weighted by Gasteiger charge is -2.21. The number of carbonyl (C=O) groups is 2. The molecule has 1 atom stereocenters. The summed E-state index contributed by atoms with van der Waals surface area (Å²) in [6.07, 6.45) is 3.15. The van der Waals surface area contributed by atoms with Crippen LogP contribution in [0, 0.1) is 6.92 Å². The largest absolute Gasteiger partial charge is 0.450 e. The second-order valence-electron chi connectivity index (χ2n) is 8.63. The van der Waals surface area contributed by atoms with Crippen molar-refractivity contribution in [1.82, 2.24) is 19.6 Å². The van der Waals surface area contributed by atoms with Crippen LogP contribution in [0.3, 0.4) is 0 Å². The molecule has 0 saturated carbocycles. The number of aryl methyl sites for hydroxylation is 1. The molecule has 0 spiro atoms. The van der Waals surface area contributed by atoms with Crippen molar-refractivity contribution in [2.45, 2.75) is 31.2 Å². The minimum atomic E-state index is -4.09. The van der Waals surface area contributed by atoms with Crippen molar-refractivity contribution in [2.75, 3.05) is 11.9 Å². The van der Waals surface area contributed by atoms with Gasteiger partial charge in [0.05, 0.1) is 17.5 Å². The Bertz CT molecular complexity index is 1540. The van der Waals surface area contributed by atoms with Gasteiger partial charge < -0.3 is 14.6 Å². The number of imidazole rings is 1. The Morgan fingerprint density at radius 3 is 2.36 bits per heavy atom.